The van der Waals surface area contributed by atoms with Gasteiger partial charge in [0.15, 0.2) is 5.78 Å². The van der Waals surface area contributed by atoms with Crippen molar-refractivity contribution < 1.29 is 19.4 Å². The molecule has 1 N–H and O–H groups in total. The highest BCUT2D eigenvalue weighted by molar-refractivity contribution is 6.01. The molecule has 0 aromatic heterocycles. The molecule has 0 aliphatic rings. The van der Waals surface area contributed by atoms with Gasteiger partial charge in [-0.15, -0.1) is 0 Å². The number of ketones is 1. The van der Waals surface area contributed by atoms with E-state index in [4.69, 9.17) is 9.84 Å². The van der Waals surface area contributed by atoms with E-state index in [0.717, 1.165) is 6.08 Å². The third-order valence-corrected chi connectivity index (χ3v) is 0.842. The first-order valence-corrected chi connectivity index (χ1v) is 3.19. The Hall–Kier alpha value is -1.32. The van der Waals surface area contributed by atoms with Gasteiger partial charge in [0.1, 0.15) is 6.42 Å². The number of carboxylic acid groups (broad SMARTS) is 1. The number of carboxylic acids is 1. The minimum Gasteiger partial charge on any atom is -0.501 e. The van der Waals surface area contributed by atoms with Gasteiger partial charge in [0.05, 0.1) is 12.9 Å². The minimum absolute atomic E-state index is 0.467. The van der Waals surface area contributed by atoms with Crippen LogP contribution in [-0.2, 0) is 14.3 Å². The molecule has 0 amide bonds. The van der Waals surface area contributed by atoms with Crippen LogP contribution in [0.25, 0.3) is 0 Å². The first-order chi connectivity index (χ1) is 5.16. The van der Waals surface area contributed by atoms with Gasteiger partial charge in [-0.1, -0.05) is 0 Å². The molecular weight excluding hydrogens is 148 g/mol. The Morgan fingerprint density at radius 2 is 2.18 bits per heavy atom. The van der Waals surface area contributed by atoms with Crippen molar-refractivity contribution in [3.8, 4) is 0 Å². The average Bonchev–Trinajstić information content (AvgIpc) is 1.86. The van der Waals surface area contributed by atoms with Gasteiger partial charge < -0.3 is 9.84 Å². The van der Waals surface area contributed by atoms with E-state index in [1.807, 2.05) is 0 Å². The van der Waals surface area contributed by atoms with Crippen molar-refractivity contribution in [2.45, 2.75) is 13.3 Å². The predicted molar refractivity (Wildman–Crippen MR) is 38.0 cm³/mol. The summed E-state index contributed by atoms with van der Waals surface area (Å²) in [5, 5.41) is 8.14. The maximum atomic E-state index is 10.6. The highest BCUT2D eigenvalue weighted by Crippen LogP contribution is 1.86. The van der Waals surface area contributed by atoms with Crippen LogP contribution in [0.1, 0.15) is 13.3 Å². The SMILES string of the molecule is CCOC=CC(=O)CC(=O)O. The lowest BCUT2D eigenvalue weighted by molar-refractivity contribution is -0.139. The zero-order valence-corrected chi connectivity index (χ0v) is 6.24. The zero-order chi connectivity index (χ0) is 8.69. The van der Waals surface area contributed by atoms with E-state index in [2.05, 4.69) is 0 Å². The molecule has 0 rings (SSSR count). The van der Waals surface area contributed by atoms with E-state index in [1.165, 1.54) is 6.26 Å². The molecule has 0 radical (unpaired) electrons. The van der Waals surface area contributed by atoms with Gasteiger partial charge in [0.2, 0.25) is 0 Å². The number of hydrogen-bond acceptors (Lipinski definition) is 3. The normalized spacial score (nSPS) is 9.91. The highest BCUT2D eigenvalue weighted by Gasteiger charge is 2.02. The predicted octanol–water partition coefficient (Wildman–Crippen LogP) is 0.580. The van der Waals surface area contributed by atoms with Gasteiger partial charge in [-0.05, 0) is 6.92 Å². The second kappa shape index (κ2) is 5.46. The summed E-state index contributed by atoms with van der Waals surface area (Å²) in [5.74, 6) is -1.60. The molecule has 62 valence electrons. The van der Waals surface area contributed by atoms with E-state index in [0.29, 0.717) is 6.61 Å². The monoisotopic (exact) mass is 158 g/mol. The molecular formula is C7H10O4. The molecule has 0 spiro atoms. The molecule has 4 nitrogen and oxygen atoms in total. The topological polar surface area (TPSA) is 63.6 Å². The van der Waals surface area contributed by atoms with Gasteiger partial charge in [0.25, 0.3) is 0 Å². The van der Waals surface area contributed by atoms with Gasteiger partial charge in [-0.25, -0.2) is 0 Å². The number of allylic oxidation sites excluding steroid dienone is 1. The number of carbonyl (C=O) groups excluding carboxylic acids is 1. The van der Waals surface area contributed by atoms with Gasteiger partial charge >= 0.3 is 5.97 Å². The smallest absolute Gasteiger partial charge is 0.311 e. The minimum atomic E-state index is -1.13. The van der Waals surface area contributed by atoms with Crippen molar-refractivity contribution in [1.82, 2.24) is 0 Å². The van der Waals surface area contributed by atoms with Crippen molar-refractivity contribution >= 4 is 11.8 Å². The Morgan fingerprint density at radius 3 is 2.64 bits per heavy atom. The maximum Gasteiger partial charge on any atom is 0.311 e. The molecule has 0 heterocycles. The number of rotatable bonds is 5. The number of ether oxygens (including phenoxy) is 1. The van der Waals surface area contributed by atoms with E-state index in [-0.39, 0.29) is 0 Å². The maximum absolute atomic E-state index is 10.6. The van der Waals surface area contributed by atoms with Crippen LogP contribution in [0.5, 0.6) is 0 Å². The van der Waals surface area contributed by atoms with Gasteiger partial charge in [-0.3, -0.25) is 9.59 Å². The second-order valence-corrected chi connectivity index (χ2v) is 1.79. The summed E-state index contributed by atoms with van der Waals surface area (Å²) in [6, 6.07) is 0. The summed E-state index contributed by atoms with van der Waals surface area (Å²) < 4.78 is 4.69. The summed E-state index contributed by atoms with van der Waals surface area (Å²) in [6.07, 6.45) is 1.83. The van der Waals surface area contributed by atoms with E-state index < -0.39 is 18.2 Å². The molecule has 0 aromatic carbocycles. The van der Waals surface area contributed by atoms with Gasteiger partial charge in [0, 0.05) is 6.08 Å². The molecule has 0 aromatic rings. The zero-order valence-electron chi connectivity index (χ0n) is 6.24. The van der Waals surface area contributed by atoms with Crippen molar-refractivity contribution in [2.24, 2.45) is 0 Å². The van der Waals surface area contributed by atoms with Crippen LogP contribution < -0.4 is 0 Å². The van der Waals surface area contributed by atoms with Crippen molar-refractivity contribution in [2.75, 3.05) is 6.61 Å². The molecule has 0 aliphatic heterocycles. The van der Waals surface area contributed by atoms with Crippen LogP contribution in [0, 0.1) is 0 Å². The van der Waals surface area contributed by atoms with Gasteiger partial charge in [-0.2, -0.15) is 0 Å². The average molecular weight is 158 g/mol. The lowest BCUT2D eigenvalue weighted by atomic mass is 10.3. The molecule has 0 unspecified atom stereocenters. The molecule has 0 atom stereocenters. The van der Waals surface area contributed by atoms with Crippen LogP contribution in [0.15, 0.2) is 12.3 Å². The standard InChI is InChI=1S/C7H10O4/c1-2-11-4-3-6(8)5-7(9)10/h3-4H,2,5H2,1H3,(H,9,10). The summed E-state index contributed by atoms with van der Waals surface area (Å²) >= 11 is 0. The number of aliphatic carboxylic acids is 1. The lowest BCUT2D eigenvalue weighted by Crippen LogP contribution is -2.03. The van der Waals surface area contributed by atoms with Crippen LogP contribution >= 0.6 is 0 Å². The van der Waals surface area contributed by atoms with E-state index >= 15 is 0 Å². The van der Waals surface area contributed by atoms with Crippen LogP contribution in [-0.4, -0.2) is 23.5 Å². The Labute approximate surface area is 64.5 Å². The molecule has 0 bridgehead atoms. The van der Waals surface area contributed by atoms with Crippen molar-refractivity contribution in [1.29, 1.82) is 0 Å². The first-order valence-electron chi connectivity index (χ1n) is 3.19. The van der Waals surface area contributed by atoms with E-state index in [9.17, 15) is 9.59 Å². The van der Waals surface area contributed by atoms with Crippen molar-refractivity contribution in [3.63, 3.8) is 0 Å². The second-order valence-electron chi connectivity index (χ2n) is 1.79. The largest absolute Gasteiger partial charge is 0.501 e. The van der Waals surface area contributed by atoms with Crippen LogP contribution in [0.2, 0.25) is 0 Å². The van der Waals surface area contributed by atoms with Crippen LogP contribution in [0.4, 0.5) is 0 Å². The Balaban J connectivity index is 3.60. The summed E-state index contributed by atoms with van der Waals surface area (Å²) in [4.78, 5) is 20.5. The number of hydrogen-bond donors (Lipinski definition) is 1. The highest BCUT2D eigenvalue weighted by atomic mass is 16.5. The number of carbonyl (C=O) groups is 2. The molecule has 0 fully saturated rings. The fourth-order valence-electron chi connectivity index (χ4n) is 0.428. The summed E-state index contributed by atoms with van der Waals surface area (Å²) in [6.45, 7) is 2.24. The molecule has 4 heteroatoms. The fraction of sp³-hybridized carbons (Fsp3) is 0.429. The quantitative estimate of drug-likeness (QED) is 0.361. The molecule has 0 aliphatic carbocycles. The molecule has 0 saturated carbocycles. The summed E-state index contributed by atoms with van der Waals surface area (Å²) in [5.41, 5.74) is 0. The van der Waals surface area contributed by atoms with E-state index in [1.54, 1.807) is 6.92 Å². The molecule has 0 saturated heterocycles. The Kier molecular flexibility index (Phi) is 4.81. The fourth-order valence-corrected chi connectivity index (χ4v) is 0.428. The third kappa shape index (κ3) is 6.57. The first kappa shape index (κ1) is 9.68. The molecule has 11 heavy (non-hydrogen) atoms. The Bertz CT molecular complexity index is 171. The lowest BCUT2D eigenvalue weighted by Gasteiger charge is -1.90. The van der Waals surface area contributed by atoms with Crippen LogP contribution in [0.3, 0.4) is 0 Å². The Morgan fingerprint density at radius 1 is 1.55 bits per heavy atom. The van der Waals surface area contributed by atoms with Crippen molar-refractivity contribution in [3.05, 3.63) is 12.3 Å². The summed E-state index contributed by atoms with van der Waals surface area (Å²) in [7, 11) is 0. The third-order valence-electron chi connectivity index (χ3n) is 0.842.